The SMILES string of the molecule is [B]C1[B]C1([B])COCC(COCCCCCCCCCCCCCCCCC)COCCCCCCCCCCCCCCCCC. The van der Waals surface area contributed by atoms with Crippen LogP contribution in [-0.2, 0) is 14.2 Å². The number of hydrogen-bond donors (Lipinski definition) is 0. The predicted molar refractivity (Wildman–Crippen MR) is 210 cm³/mol. The highest BCUT2D eigenvalue weighted by molar-refractivity contribution is 6.77. The maximum absolute atomic E-state index is 6.20. The van der Waals surface area contributed by atoms with Gasteiger partial charge in [-0.1, -0.05) is 199 Å². The zero-order valence-corrected chi connectivity index (χ0v) is 32.1. The normalized spacial score (nSPS) is 17.5. The largest absolute Gasteiger partial charge is 0.382 e. The summed E-state index contributed by atoms with van der Waals surface area (Å²) in [7, 11) is 14.1. The lowest BCUT2D eigenvalue weighted by Gasteiger charge is -2.20. The maximum Gasteiger partial charge on any atom is 0.101 e. The van der Waals surface area contributed by atoms with Crippen LogP contribution in [-0.4, -0.2) is 62.6 Å². The van der Waals surface area contributed by atoms with Crippen LogP contribution in [0.2, 0.25) is 10.9 Å². The van der Waals surface area contributed by atoms with Crippen molar-refractivity contribution in [1.29, 1.82) is 0 Å². The fourth-order valence-corrected chi connectivity index (χ4v) is 6.63. The van der Waals surface area contributed by atoms with E-state index in [1.165, 1.54) is 180 Å². The molecule has 2 unspecified atom stereocenters. The van der Waals surface area contributed by atoms with E-state index in [0.717, 1.165) is 26.1 Å². The van der Waals surface area contributed by atoms with Gasteiger partial charge in [0.05, 0.1) is 35.5 Å². The van der Waals surface area contributed by atoms with Gasteiger partial charge in [-0.2, -0.15) is 0 Å². The Balaban J connectivity index is 1.96. The number of rotatable bonds is 40. The summed E-state index contributed by atoms with van der Waals surface area (Å²) in [6.45, 7) is 8.78. The molecule has 0 spiro atoms. The fraction of sp³-hybridized carbons (Fsp3) is 1.00. The van der Waals surface area contributed by atoms with E-state index in [4.69, 9.17) is 29.9 Å². The van der Waals surface area contributed by atoms with E-state index < -0.39 is 5.21 Å². The molecule has 0 aliphatic carbocycles. The molecular formula is C41H80B3O3. The van der Waals surface area contributed by atoms with Crippen LogP contribution in [0.3, 0.4) is 0 Å². The molecule has 3 nitrogen and oxygen atoms in total. The van der Waals surface area contributed by atoms with Crippen molar-refractivity contribution in [2.24, 2.45) is 5.92 Å². The molecule has 0 amide bonds. The van der Waals surface area contributed by atoms with E-state index in [9.17, 15) is 0 Å². The molecule has 271 valence electrons. The van der Waals surface area contributed by atoms with Gasteiger partial charge in [-0.25, -0.2) is 0 Å². The standard InChI is InChI=1S/C41H80B3O3/c1-3-5-7-9-11-13-15-17-19-21-23-25-27-29-31-33-45-35-39(37-47-38-41(43)40(42)44-41)36-46-34-32-30-28-26-24-22-20-18-16-14-12-10-8-6-4-2/h39-40H,3-38H2,1-2H3. The first-order chi connectivity index (χ1) is 23.1. The second-order valence-electron chi connectivity index (χ2n) is 15.2. The Labute approximate surface area is 299 Å². The molecule has 6 heteroatoms. The summed E-state index contributed by atoms with van der Waals surface area (Å²) in [5, 5.41) is -0.436. The highest BCUT2D eigenvalue weighted by Gasteiger charge is 2.46. The van der Waals surface area contributed by atoms with Gasteiger partial charge in [0.2, 0.25) is 0 Å². The van der Waals surface area contributed by atoms with Crippen LogP contribution in [0.4, 0.5) is 0 Å². The molecule has 0 saturated carbocycles. The van der Waals surface area contributed by atoms with Gasteiger partial charge in [-0.15, -0.1) is 5.72 Å². The molecule has 0 bridgehead atoms. The molecule has 1 aliphatic heterocycles. The highest BCUT2D eigenvalue weighted by Crippen LogP contribution is 2.50. The minimum absolute atomic E-state index is 0.0383. The zero-order valence-electron chi connectivity index (χ0n) is 32.1. The van der Waals surface area contributed by atoms with Gasteiger partial charge < -0.3 is 14.2 Å². The lowest BCUT2D eigenvalue weighted by atomic mass is 9.71. The fourth-order valence-electron chi connectivity index (χ4n) is 6.63. The van der Waals surface area contributed by atoms with Gasteiger partial charge >= 0.3 is 0 Å². The molecule has 5 radical (unpaired) electrons. The molecule has 1 fully saturated rings. The maximum atomic E-state index is 6.20. The van der Waals surface area contributed by atoms with Crippen molar-refractivity contribution in [3.05, 3.63) is 0 Å². The minimum atomic E-state index is -0.436. The quantitative estimate of drug-likeness (QED) is 0.0487. The van der Waals surface area contributed by atoms with Crippen LogP contribution in [0.15, 0.2) is 0 Å². The molecule has 0 aromatic rings. The first-order valence-electron chi connectivity index (χ1n) is 21.3. The first-order valence-corrected chi connectivity index (χ1v) is 21.3. The van der Waals surface area contributed by atoms with Gasteiger partial charge in [0, 0.05) is 25.7 Å². The zero-order chi connectivity index (χ0) is 33.9. The summed E-state index contributed by atoms with van der Waals surface area (Å²) in [5.41, 5.74) is -0.0383. The Hall–Kier alpha value is 0.0748. The number of ether oxygens (including phenoxy) is 3. The average Bonchev–Trinajstić information content (AvgIpc) is 3.68. The third-order valence-corrected chi connectivity index (χ3v) is 10.2. The third kappa shape index (κ3) is 30.6. The molecule has 0 N–H and O–H groups in total. The molecule has 2 atom stereocenters. The van der Waals surface area contributed by atoms with Crippen LogP contribution in [0.5, 0.6) is 0 Å². The van der Waals surface area contributed by atoms with E-state index in [2.05, 4.69) is 13.8 Å². The molecule has 1 rings (SSSR count). The molecule has 47 heavy (non-hydrogen) atoms. The smallest absolute Gasteiger partial charge is 0.101 e. The van der Waals surface area contributed by atoms with E-state index in [-0.39, 0.29) is 11.6 Å². The lowest BCUT2D eigenvalue weighted by molar-refractivity contribution is -0.00731. The van der Waals surface area contributed by atoms with Crippen molar-refractivity contribution in [2.45, 2.75) is 217 Å². The first kappa shape index (κ1) is 45.1. The average molecular weight is 654 g/mol. The van der Waals surface area contributed by atoms with Gasteiger partial charge in [0.25, 0.3) is 0 Å². The summed E-state index contributed by atoms with van der Waals surface area (Å²) in [4.78, 5) is 0. The number of hydrogen-bond acceptors (Lipinski definition) is 3. The van der Waals surface area contributed by atoms with Crippen molar-refractivity contribution >= 4 is 23.0 Å². The lowest BCUT2D eigenvalue weighted by Crippen LogP contribution is -2.24. The Bertz CT molecular complexity index is 587. The van der Waals surface area contributed by atoms with Crippen LogP contribution < -0.4 is 0 Å². The van der Waals surface area contributed by atoms with E-state index >= 15 is 0 Å². The van der Waals surface area contributed by atoms with Crippen molar-refractivity contribution in [3.8, 4) is 0 Å². The van der Waals surface area contributed by atoms with Gasteiger partial charge in [0.1, 0.15) is 7.28 Å². The Morgan fingerprint density at radius 1 is 0.447 bits per heavy atom. The summed E-state index contributed by atoms with van der Waals surface area (Å²) < 4.78 is 18.1. The van der Waals surface area contributed by atoms with Crippen molar-refractivity contribution < 1.29 is 14.2 Å². The summed E-state index contributed by atoms with van der Waals surface area (Å²) in [6, 6.07) is 0. The second kappa shape index (κ2) is 34.5. The van der Waals surface area contributed by atoms with Crippen molar-refractivity contribution in [3.63, 3.8) is 0 Å². The molecule has 1 saturated heterocycles. The Kier molecular flexibility index (Phi) is 33.1. The number of unbranched alkanes of at least 4 members (excludes halogenated alkanes) is 28. The summed E-state index contributed by atoms with van der Waals surface area (Å²) in [5.74, 6) is 0.251. The van der Waals surface area contributed by atoms with E-state index in [0.29, 0.717) is 26.4 Å². The second-order valence-corrected chi connectivity index (χ2v) is 15.2. The third-order valence-electron chi connectivity index (χ3n) is 10.2. The topological polar surface area (TPSA) is 27.7 Å². The van der Waals surface area contributed by atoms with Gasteiger partial charge in [-0.05, 0) is 12.8 Å². The van der Waals surface area contributed by atoms with Crippen LogP contribution >= 0.6 is 0 Å². The molecule has 1 aliphatic rings. The Morgan fingerprint density at radius 2 is 0.702 bits per heavy atom. The van der Waals surface area contributed by atoms with E-state index in [1.807, 2.05) is 7.28 Å². The predicted octanol–water partition coefficient (Wildman–Crippen LogP) is 12.3. The van der Waals surface area contributed by atoms with Gasteiger partial charge in [0.15, 0.2) is 0 Å². The van der Waals surface area contributed by atoms with Crippen molar-refractivity contribution in [2.75, 3.05) is 39.6 Å². The molecular weight excluding hydrogens is 573 g/mol. The summed E-state index contributed by atoms with van der Waals surface area (Å²) in [6.07, 6.45) is 41.6. The highest BCUT2D eigenvalue weighted by atomic mass is 16.5. The van der Waals surface area contributed by atoms with E-state index in [1.54, 1.807) is 0 Å². The monoisotopic (exact) mass is 654 g/mol. The minimum Gasteiger partial charge on any atom is -0.382 e. The molecule has 0 aromatic heterocycles. The summed E-state index contributed by atoms with van der Waals surface area (Å²) >= 11 is 0. The van der Waals surface area contributed by atoms with Crippen LogP contribution in [0, 0.1) is 5.92 Å². The molecule has 1 heterocycles. The van der Waals surface area contributed by atoms with Gasteiger partial charge in [-0.3, -0.25) is 0 Å². The van der Waals surface area contributed by atoms with Crippen LogP contribution in [0.25, 0.3) is 0 Å². The Morgan fingerprint density at radius 3 is 0.979 bits per heavy atom. The van der Waals surface area contributed by atoms with Crippen molar-refractivity contribution in [1.82, 2.24) is 0 Å². The molecule has 0 aromatic carbocycles. The van der Waals surface area contributed by atoms with Crippen LogP contribution in [0.1, 0.15) is 206 Å².